The van der Waals surface area contributed by atoms with Crippen LogP contribution in [0.1, 0.15) is 53.0 Å². The van der Waals surface area contributed by atoms with Crippen LogP contribution in [0.25, 0.3) is 0 Å². The fourth-order valence-corrected chi connectivity index (χ4v) is 2.85. The molecule has 0 unspecified atom stereocenters. The summed E-state index contributed by atoms with van der Waals surface area (Å²) in [6.45, 7) is 3.15. The maximum atomic E-state index is 12.4. The molecule has 3 heterocycles. The second-order valence-electron chi connectivity index (χ2n) is 5.89. The van der Waals surface area contributed by atoms with E-state index < -0.39 is 0 Å². The number of carbonyl (C=O) groups excluding carboxylic acids is 1. The van der Waals surface area contributed by atoms with Gasteiger partial charge in [0.2, 0.25) is 0 Å². The summed E-state index contributed by atoms with van der Waals surface area (Å²) in [5, 5.41) is 12.1. The van der Waals surface area contributed by atoms with Gasteiger partial charge in [0.15, 0.2) is 0 Å². The average Bonchev–Trinajstić information content (AvgIpc) is 2.94. The van der Waals surface area contributed by atoms with Crippen molar-refractivity contribution in [3.63, 3.8) is 0 Å². The van der Waals surface area contributed by atoms with Gasteiger partial charge in [0.05, 0.1) is 17.9 Å². The molecule has 1 saturated carbocycles. The highest BCUT2D eigenvalue weighted by molar-refractivity contribution is 5.94. The zero-order valence-electron chi connectivity index (χ0n) is 11.9. The van der Waals surface area contributed by atoms with E-state index in [1.807, 2.05) is 15.8 Å². The minimum absolute atomic E-state index is 0.0150. The van der Waals surface area contributed by atoms with Crippen LogP contribution in [-0.2, 0) is 0 Å². The van der Waals surface area contributed by atoms with Crippen LogP contribution in [0.3, 0.4) is 0 Å². The Bertz CT molecular complexity index is 672. The average molecular weight is 287 g/mol. The van der Waals surface area contributed by atoms with Gasteiger partial charge in [-0.3, -0.25) is 4.79 Å². The molecule has 1 saturated heterocycles. The van der Waals surface area contributed by atoms with Gasteiger partial charge in [-0.15, -0.1) is 5.10 Å². The van der Waals surface area contributed by atoms with Crippen LogP contribution in [0.2, 0.25) is 0 Å². The van der Waals surface area contributed by atoms with Crippen LogP contribution in [0.15, 0.2) is 16.9 Å². The van der Waals surface area contributed by atoms with E-state index in [1.165, 1.54) is 19.0 Å². The summed E-state index contributed by atoms with van der Waals surface area (Å²) in [6.07, 6.45) is 6.89. The third-order valence-electron chi connectivity index (χ3n) is 4.33. The van der Waals surface area contributed by atoms with Crippen molar-refractivity contribution >= 4 is 5.91 Å². The Hall–Kier alpha value is -2.18. The molecule has 1 aliphatic carbocycles. The lowest BCUT2D eigenvalue weighted by Crippen LogP contribution is -2.29. The number of amides is 1. The van der Waals surface area contributed by atoms with Gasteiger partial charge in [-0.2, -0.15) is 0 Å². The van der Waals surface area contributed by atoms with Crippen LogP contribution < -0.4 is 0 Å². The first-order chi connectivity index (χ1) is 10.2. The summed E-state index contributed by atoms with van der Waals surface area (Å²) in [5.41, 5.74) is 1.64. The fraction of sp³-hybridized carbons (Fsp3) is 0.571. The lowest BCUT2D eigenvalue weighted by Gasteiger charge is -2.15. The molecule has 2 fully saturated rings. The number of aromatic nitrogens is 4. The molecule has 21 heavy (non-hydrogen) atoms. The zero-order chi connectivity index (χ0) is 14.4. The van der Waals surface area contributed by atoms with Crippen molar-refractivity contribution in [1.82, 2.24) is 25.1 Å². The molecule has 2 aromatic heterocycles. The molecular formula is C14H17N5O2. The van der Waals surface area contributed by atoms with E-state index in [0.29, 0.717) is 23.8 Å². The number of likely N-dealkylation sites (tertiary alicyclic amines) is 1. The van der Waals surface area contributed by atoms with Gasteiger partial charge in [-0.1, -0.05) is 10.4 Å². The molecule has 0 bridgehead atoms. The van der Waals surface area contributed by atoms with E-state index in [-0.39, 0.29) is 11.9 Å². The molecular weight excluding hydrogens is 270 g/mol. The predicted octanol–water partition coefficient (Wildman–Crippen LogP) is 1.54. The SMILES string of the molecule is Cc1oncc1C(=O)N1CC[C@@H](n2cc(C3CC3)nn2)C1. The first-order valence-electron chi connectivity index (χ1n) is 7.34. The Morgan fingerprint density at radius 3 is 2.95 bits per heavy atom. The summed E-state index contributed by atoms with van der Waals surface area (Å²) in [4.78, 5) is 14.2. The molecule has 0 N–H and O–H groups in total. The molecule has 0 spiro atoms. The molecule has 2 aliphatic rings. The molecule has 0 radical (unpaired) electrons. The summed E-state index contributed by atoms with van der Waals surface area (Å²) in [7, 11) is 0. The molecule has 4 rings (SSSR count). The summed E-state index contributed by atoms with van der Waals surface area (Å²) < 4.78 is 6.89. The normalized spacial score (nSPS) is 22.0. The molecule has 7 nitrogen and oxygen atoms in total. The highest BCUT2D eigenvalue weighted by Gasteiger charge is 2.32. The molecule has 1 atom stereocenters. The van der Waals surface area contributed by atoms with Crippen LogP contribution >= 0.6 is 0 Å². The van der Waals surface area contributed by atoms with E-state index >= 15 is 0 Å². The van der Waals surface area contributed by atoms with Gasteiger partial charge in [0, 0.05) is 25.2 Å². The summed E-state index contributed by atoms with van der Waals surface area (Å²) in [6, 6.07) is 0.217. The topological polar surface area (TPSA) is 77.0 Å². The van der Waals surface area contributed by atoms with E-state index in [4.69, 9.17) is 4.52 Å². The molecule has 2 aromatic rings. The van der Waals surface area contributed by atoms with Gasteiger partial charge in [-0.05, 0) is 26.2 Å². The van der Waals surface area contributed by atoms with Gasteiger partial charge in [0.25, 0.3) is 5.91 Å². The second-order valence-corrected chi connectivity index (χ2v) is 5.89. The lowest BCUT2D eigenvalue weighted by molar-refractivity contribution is 0.0785. The maximum absolute atomic E-state index is 12.4. The Balaban J connectivity index is 1.46. The van der Waals surface area contributed by atoms with E-state index in [9.17, 15) is 4.79 Å². The largest absolute Gasteiger partial charge is 0.361 e. The first-order valence-corrected chi connectivity index (χ1v) is 7.34. The van der Waals surface area contributed by atoms with Crippen LogP contribution in [0, 0.1) is 6.92 Å². The quantitative estimate of drug-likeness (QED) is 0.855. The minimum atomic E-state index is -0.0150. The molecule has 1 aliphatic heterocycles. The maximum Gasteiger partial charge on any atom is 0.259 e. The van der Waals surface area contributed by atoms with Crippen molar-refractivity contribution in [3.05, 3.63) is 29.4 Å². The molecule has 1 amide bonds. The standard InChI is InChI=1S/C14H17N5O2/c1-9-12(6-15-21-9)14(20)18-5-4-11(7-18)19-8-13(16-17-19)10-2-3-10/h6,8,10-11H,2-5,7H2,1H3/t11-/m1/s1. The van der Waals surface area contributed by atoms with E-state index in [0.717, 1.165) is 18.7 Å². The zero-order valence-corrected chi connectivity index (χ0v) is 11.9. The van der Waals surface area contributed by atoms with Crippen molar-refractivity contribution in [1.29, 1.82) is 0 Å². The Morgan fingerprint density at radius 1 is 1.38 bits per heavy atom. The molecule has 110 valence electrons. The number of nitrogens with zero attached hydrogens (tertiary/aromatic N) is 5. The number of carbonyl (C=O) groups is 1. The smallest absolute Gasteiger partial charge is 0.259 e. The number of rotatable bonds is 3. The van der Waals surface area contributed by atoms with Crippen LogP contribution in [-0.4, -0.2) is 44.0 Å². The van der Waals surface area contributed by atoms with Gasteiger partial charge < -0.3 is 9.42 Å². The van der Waals surface area contributed by atoms with Crippen molar-refractivity contribution in [2.75, 3.05) is 13.1 Å². The highest BCUT2D eigenvalue weighted by Crippen LogP contribution is 2.39. The van der Waals surface area contributed by atoms with Crippen LogP contribution in [0.5, 0.6) is 0 Å². The first kappa shape index (κ1) is 12.6. The third-order valence-corrected chi connectivity index (χ3v) is 4.33. The van der Waals surface area contributed by atoms with Crippen LogP contribution in [0.4, 0.5) is 0 Å². The second kappa shape index (κ2) is 4.68. The van der Waals surface area contributed by atoms with Gasteiger partial charge in [-0.25, -0.2) is 4.68 Å². The lowest BCUT2D eigenvalue weighted by atomic mass is 10.2. The van der Waals surface area contributed by atoms with Crippen molar-refractivity contribution in [3.8, 4) is 0 Å². The van der Waals surface area contributed by atoms with Crippen molar-refractivity contribution in [2.24, 2.45) is 0 Å². The Labute approximate surface area is 121 Å². The third kappa shape index (κ3) is 2.22. The highest BCUT2D eigenvalue weighted by atomic mass is 16.5. The number of hydrogen-bond donors (Lipinski definition) is 0. The van der Waals surface area contributed by atoms with Gasteiger partial charge >= 0.3 is 0 Å². The Morgan fingerprint density at radius 2 is 2.24 bits per heavy atom. The monoisotopic (exact) mass is 287 g/mol. The Kier molecular flexibility index (Phi) is 2.80. The fourth-order valence-electron chi connectivity index (χ4n) is 2.85. The van der Waals surface area contributed by atoms with Crippen molar-refractivity contribution < 1.29 is 9.32 Å². The summed E-state index contributed by atoms with van der Waals surface area (Å²) >= 11 is 0. The molecule has 7 heteroatoms. The van der Waals surface area contributed by atoms with E-state index in [1.54, 1.807) is 6.92 Å². The van der Waals surface area contributed by atoms with Crippen molar-refractivity contribution in [2.45, 2.75) is 38.1 Å². The minimum Gasteiger partial charge on any atom is -0.361 e. The van der Waals surface area contributed by atoms with E-state index in [2.05, 4.69) is 15.5 Å². The molecule has 0 aromatic carbocycles. The predicted molar refractivity (Wildman–Crippen MR) is 72.8 cm³/mol. The summed E-state index contributed by atoms with van der Waals surface area (Å²) in [5.74, 6) is 1.16. The number of aryl methyl sites for hydroxylation is 1. The number of hydrogen-bond acceptors (Lipinski definition) is 5. The van der Waals surface area contributed by atoms with Gasteiger partial charge in [0.1, 0.15) is 11.3 Å².